The zero-order valence-corrected chi connectivity index (χ0v) is 16.1. The first-order valence-electron chi connectivity index (χ1n) is 8.75. The van der Waals surface area contributed by atoms with Crippen LogP contribution in [-0.4, -0.2) is 12.5 Å². The summed E-state index contributed by atoms with van der Waals surface area (Å²) in [5, 5.41) is 11.7. The van der Waals surface area contributed by atoms with E-state index in [9.17, 15) is 4.79 Å². The van der Waals surface area contributed by atoms with Crippen LogP contribution in [0.1, 0.15) is 22.8 Å². The van der Waals surface area contributed by atoms with Gasteiger partial charge in [-0.05, 0) is 85.6 Å². The molecule has 3 rings (SSSR count). The standard InChI is InChI=1S/C22H19N3O2S/c1-2-27-20-10-8-18(9-11-20)25-28-21-12-6-17(7-13-21)22(26)24-19-5-3-4-16(14-19)15-23/h3-14,25H,2H2,1H3,(H,24,26). The third-order valence-corrected chi connectivity index (χ3v) is 4.66. The topological polar surface area (TPSA) is 74.2 Å². The molecule has 0 bridgehead atoms. The Hall–Kier alpha value is -3.43. The average molecular weight is 389 g/mol. The van der Waals surface area contributed by atoms with Crippen LogP contribution in [0, 0.1) is 11.3 Å². The van der Waals surface area contributed by atoms with Gasteiger partial charge in [0, 0.05) is 21.8 Å². The summed E-state index contributed by atoms with van der Waals surface area (Å²) < 4.78 is 8.69. The van der Waals surface area contributed by atoms with Gasteiger partial charge in [-0.15, -0.1) is 0 Å². The molecule has 0 fully saturated rings. The lowest BCUT2D eigenvalue weighted by Crippen LogP contribution is -2.11. The fourth-order valence-corrected chi connectivity index (χ4v) is 3.09. The van der Waals surface area contributed by atoms with E-state index >= 15 is 0 Å². The highest BCUT2D eigenvalue weighted by atomic mass is 32.2. The minimum atomic E-state index is -0.217. The quantitative estimate of drug-likeness (QED) is 0.534. The second-order valence-electron chi connectivity index (χ2n) is 5.83. The first kappa shape index (κ1) is 19.3. The van der Waals surface area contributed by atoms with Crippen molar-refractivity contribution in [1.29, 1.82) is 5.26 Å². The van der Waals surface area contributed by atoms with Crippen LogP contribution in [0.15, 0.2) is 77.7 Å². The number of hydrogen-bond acceptors (Lipinski definition) is 5. The predicted molar refractivity (Wildman–Crippen MR) is 113 cm³/mol. The second kappa shape index (κ2) is 9.49. The zero-order chi connectivity index (χ0) is 19.8. The van der Waals surface area contributed by atoms with E-state index in [2.05, 4.69) is 16.1 Å². The molecule has 28 heavy (non-hydrogen) atoms. The molecule has 2 N–H and O–H groups in total. The van der Waals surface area contributed by atoms with Crippen molar-refractivity contribution in [3.63, 3.8) is 0 Å². The van der Waals surface area contributed by atoms with Crippen molar-refractivity contribution in [2.75, 3.05) is 16.6 Å². The van der Waals surface area contributed by atoms with Gasteiger partial charge < -0.3 is 14.8 Å². The maximum absolute atomic E-state index is 12.4. The van der Waals surface area contributed by atoms with Crippen LogP contribution in [0.4, 0.5) is 11.4 Å². The van der Waals surface area contributed by atoms with Crippen LogP contribution in [0.3, 0.4) is 0 Å². The summed E-state index contributed by atoms with van der Waals surface area (Å²) in [4.78, 5) is 13.3. The Kier molecular flexibility index (Phi) is 6.55. The van der Waals surface area contributed by atoms with Crippen molar-refractivity contribution in [2.24, 2.45) is 0 Å². The Bertz CT molecular complexity index is 980. The molecule has 5 nitrogen and oxygen atoms in total. The SMILES string of the molecule is CCOc1ccc(NSc2ccc(C(=O)Nc3cccc(C#N)c3)cc2)cc1. The number of hydrogen-bond donors (Lipinski definition) is 2. The number of carbonyl (C=O) groups excluding carboxylic acids is 1. The number of ether oxygens (including phenoxy) is 1. The highest BCUT2D eigenvalue weighted by molar-refractivity contribution is 8.00. The van der Waals surface area contributed by atoms with Crippen molar-refractivity contribution in [1.82, 2.24) is 0 Å². The summed E-state index contributed by atoms with van der Waals surface area (Å²) in [5.74, 6) is 0.625. The number of amides is 1. The molecule has 0 spiro atoms. The first-order valence-corrected chi connectivity index (χ1v) is 9.57. The second-order valence-corrected chi connectivity index (χ2v) is 6.71. The van der Waals surface area contributed by atoms with Crippen LogP contribution in [0.5, 0.6) is 5.75 Å². The number of nitriles is 1. The molecule has 0 radical (unpaired) electrons. The summed E-state index contributed by atoms with van der Waals surface area (Å²) >= 11 is 1.46. The number of carbonyl (C=O) groups is 1. The molecule has 0 heterocycles. The molecule has 0 saturated carbocycles. The van der Waals surface area contributed by atoms with Gasteiger partial charge in [0.05, 0.1) is 18.2 Å². The monoisotopic (exact) mass is 389 g/mol. The van der Waals surface area contributed by atoms with Crippen molar-refractivity contribution in [3.8, 4) is 11.8 Å². The van der Waals surface area contributed by atoms with Crippen LogP contribution < -0.4 is 14.8 Å². The molecular weight excluding hydrogens is 370 g/mol. The van der Waals surface area contributed by atoms with Crippen molar-refractivity contribution in [3.05, 3.63) is 83.9 Å². The Morgan fingerprint density at radius 3 is 2.46 bits per heavy atom. The van der Waals surface area contributed by atoms with Gasteiger partial charge in [0.2, 0.25) is 0 Å². The van der Waals surface area contributed by atoms with E-state index in [1.807, 2.05) is 43.3 Å². The molecule has 1 amide bonds. The number of nitrogens with zero attached hydrogens (tertiary/aromatic N) is 1. The lowest BCUT2D eigenvalue weighted by atomic mass is 10.2. The van der Waals surface area contributed by atoms with E-state index in [4.69, 9.17) is 10.00 Å². The molecule has 0 aliphatic heterocycles. The molecule has 0 atom stereocenters. The van der Waals surface area contributed by atoms with Gasteiger partial charge in [0.15, 0.2) is 0 Å². The number of nitrogens with one attached hydrogen (secondary N) is 2. The van der Waals surface area contributed by atoms with E-state index < -0.39 is 0 Å². The molecule has 0 aliphatic rings. The van der Waals surface area contributed by atoms with Crippen LogP contribution in [0.25, 0.3) is 0 Å². The van der Waals surface area contributed by atoms with E-state index in [1.165, 1.54) is 11.9 Å². The smallest absolute Gasteiger partial charge is 0.255 e. The highest BCUT2D eigenvalue weighted by Gasteiger charge is 2.07. The first-order chi connectivity index (χ1) is 13.7. The van der Waals surface area contributed by atoms with Gasteiger partial charge in [-0.2, -0.15) is 5.26 Å². The summed E-state index contributed by atoms with van der Waals surface area (Å²) in [5.41, 5.74) is 2.62. The lowest BCUT2D eigenvalue weighted by Gasteiger charge is -2.08. The van der Waals surface area contributed by atoms with Crippen molar-refractivity contribution < 1.29 is 9.53 Å². The van der Waals surface area contributed by atoms with Gasteiger partial charge in [-0.25, -0.2) is 0 Å². The van der Waals surface area contributed by atoms with Crippen molar-refractivity contribution >= 4 is 29.2 Å². The van der Waals surface area contributed by atoms with Gasteiger partial charge >= 0.3 is 0 Å². The molecule has 0 saturated heterocycles. The van der Waals surface area contributed by atoms with E-state index in [0.717, 1.165) is 16.3 Å². The Labute approximate surface area is 168 Å². The maximum atomic E-state index is 12.4. The Morgan fingerprint density at radius 1 is 1.04 bits per heavy atom. The van der Waals surface area contributed by atoms with E-state index in [1.54, 1.807) is 36.4 Å². The fourth-order valence-electron chi connectivity index (χ4n) is 2.45. The Balaban J connectivity index is 1.56. The molecule has 0 unspecified atom stereocenters. The number of anilines is 2. The number of rotatable bonds is 7. The van der Waals surface area contributed by atoms with E-state index in [-0.39, 0.29) is 5.91 Å². The zero-order valence-electron chi connectivity index (χ0n) is 15.3. The molecule has 0 aromatic heterocycles. The third kappa shape index (κ3) is 5.29. The summed E-state index contributed by atoms with van der Waals surface area (Å²) in [6, 6.07) is 23.9. The summed E-state index contributed by atoms with van der Waals surface area (Å²) in [6.07, 6.45) is 0. The average Bonchev–Trinajstić information content (AvgIpc) is 2.74. The third-order valence-electron chi connectivity index (χ3n) is 3.82. The van der Waals surface area contributed by atoms with E-state index in [0.29, 0.717) is 23.4 Å². The molecule has 6 heteroatoms. The summed E-state index contributed by atoms with van der Waals surface area (Å²) in [7, 11) is 0. The predicted octanol–water partition coefficient (Wildman–Crippen LogP) is 5.33. The highest BCUT2D eigenvalue weighted by Crippen LogP contribution is 2.23. The molecule has 0 aliphatic carbocycles. The van der Waals surface area contributed by atoms with Crippen molar-refractivity contribution in [2.45, 2.75) is 11.8 Å². The molecule has 3 aromatic carbocycles. The maximum Gasteiger partial charge on any atom is 0.255 e. The van der Waals surface area contributed by atoms with Gasteiger partial charge in [0.25, 0.3) is 5.91 Å². The largest absolute Gasteiger partial charge is 0.494 e. The lowest BCUT2D eigenvalue weighted by molar-refractivity contribution is 0.102. The fraction of sp³-hybridized carbons (Fsp3) is 0.0909. The van der Waals surface area contributed by atoms with Gasteiger partial charge in [-0.1, -0.05) is 6.07 Å². The van der Waals surface area contributed by atoms with Gasteiger partial charge in [0.1, 0.15) is 5.75 Å². The molecule has 3 aromatic rings. The minimum absolute atomic E-state index is 0.217. The van der Waals surface area contributed by atoms with Gasteiger partial charge in [-0.3, -0.25) is 4.79 Å². The minimum Gasteiger partial charge on any atom is -0.494 e. The number of benzene rings is 3. The van der Waals surface area contributed by atoms with Crippen LogP contribution >= 0.6 is 11.9 Å². The van der Waals surface area contributed by atoms with Crippen LogP contribution in [0.2, 0.25) is 0 Å². The Morgan fingerprint density at radius 2 is 1.79 bits per heavy atom. The molecule has 140 valence electrons. The molecular formula is C22H19N3O2S. The normalized spacial score (nSPS) is 10.0. The van der Waals surface area contributed by atoms with Crippen LogP contribution in [-0.2, 0) is 0 Å². The summed E-state index contributed by atoms with van der Waals surface area (Å²) in [6.45, 7) is 2.60.